The van der Waals surface area contributed by atoms with Crippen LogP contribution in [0.2, 0.25) is 0 Å². The summed E-state index contributed by atoms with van der Waals surface area (Å²) in [6.45, 7) is 4.69. The molecule has 2 aromatic heterocycles. The van der Waals surface area contributed by atoms with Gasteiger partial charge in [0.2, 0.25) is 0 Å². The van der Waals surface area contributed by atoms with E-state index in [0.717, 1.165) is 39.8 Å². The molecule has 0 aliphatic carbocycles. The van der Waals surface area contributed by atoms with Crippen LogP contribution >= 0.6 is 0 Å². The highest BCUT2D eigenvalue weighted by Gasteiger charge is 2.12. The molecule has 0 aliphatic heterocycles. The second-order valence-corrected chi connectivity index (χ2v) is 5.35. The first-order chi connectivity index (χ1) is 10.7. The lowest BCUT2D eigenvalue weighted by Gasteiger charge is -2.12. The molecule has 0 aliphatic rings. The maximum absolute atomic E-state index is 6.09. The molecule has 3 rings (SSSR count). The molecule has 22 heavy (non-hydrogen) atoms. The van der Waals surface area contributed by atoms with Gasteiger partial charge >= 0.3 is 0 Å². The molecule has 0 fully saturated rings. The van der Waals surface area contributed by atoms with Crippen LogP contribution < -0.4 is 5.73 Å². The minimum absolute atomic E-state index is 0.411. The molecule has 5 nitrogen and oxygen atoms in total. The number of hydrogen-bond donors (Lipinski definition) is 2. The highest BCUT2D eigenvalue weighted by molar-refractivity contribution is 5.93. The fraction of sp³-hybridized carbons (Fsp3) is 0.294. The molecule has 1 atom stereocenters. The number of benzene rings is 1. The summed E-state index contributed by atoms with van der Waals surface area (Å²) in [4.78, 5) is 4.23. The van der Waals surface area contributed by atoms with E-state index < -0.39 is 6.23 Å². The normalized spacial score (nSPS) is 12.7. The molecule has 0 bridgehead atoms. The summed E-state index contributed by atoms with van der Waals surface area (Å²) in [5.74, 6) is 0. The zero-order valence-corrected chi connectivity index (χ0v) is 12.8. The Labute approximate surface area is 129 Å². The van der Waals surface area contributed by atoms with Gasteiger partial charge in [-0.05, 0) is 43.2 Å². The Kier molecular flexibility index (Phi) is 4.18. The van der Waals surface area contributed by atoms with Crippen LogP contribution in [0.5, 0.6) is 0 Å². The molecule has 0 spiro atoms. The average Bonchev–Trinajstić information content (AvgIpc) is 2.95. The van der Waals surface area contributed by atoms with Gasteiger partial charge < -0.3 is 10.5 Å². The van der Waals surface area contributed by atoms with Gasteiger partial charge in [0, 0.05) is 29.4 Å². The Bertz CT molecular complexity index is 781. The van der Waals surface area contributed by atoms with Crippen molar-refractivity contribution in [3.05, 3.63) is 47.8 Å². The van der Waals surface area contributed by atoms with Crippen LogP contribution in [0.25, 0.3) is 22.2 Å². The molecular formula is C17H20N4O. The predicted octanol–water partition coefficient (Wildman–Crippen LogP) is 3.32. The van der Waals surface area contributed by atoms with E-state index in [1.807, 2.05) is 37.3 Å². The van der Waals surface area contributed by atoms with Gasteiger partial charge in [0.05, 0.1) is 5.52 Å². The van der Waals surface area contributed by atoms with Crippen LogP contribution in [-0.2, 0) is 4.74 Å². The molecule has 5 heteroatoms. The maximum atomic E-state index is 6.09. The minimum Gasteiger partial charge on any atom is -0.359 e. The fourth-order valence-corrected chi connectivity index (χ4v) is 2.46. The van der Waals surface area contributed by atoms with Crippen molar-refractivity contribution >= 4 is 10.9 Å². The first-order valence-corrected chi connectivity index (χ1v) is 7.47. The van der Waals surface area contributed by atoms with Crippen molar-refractivity contribution in [1.29, 1.82) is 0 Å². The summed E-state index contributed by atoms with van der Waals surface area (Å²) in [6, 6.07) is 10.00. The fourth-order valence-electron chi connectivity index (χ4n) is 2.46. The molecule has 0 saturated carbocycles. The number of nitrogens with two attached hydrogens (primary N) is 1. The van der Waals surface area contributed by atoms with Crippen molar-refractivity contribution in [1.82, 2.24) is 15.2 Å². The molecular weight excluding hydrogens is 276 g/mol. The highest BCUT2D eigenvalue weighted by atomic mass is 16.5. The number of hydrogen-bond acceptors (Lipinski definition) is 4. The summed E-state index contributed by atoms with van der Waals surface area (Å²) in [6.07, 6.45) is 2.33. The van der Waals surface area contributed by atoms with E-state index in [1.54, 1.807) is 6.20 Å². The zero-order chi connectivity index (χ0) is 15.5. The van der Waals surface area contributed by atoms with Crippen molar-refractivity contribution in [2.75, 3.05) is 6.61 Å². The van der Waals surface area contributed by atoms with Crippen LogP contribution in [0.1, 0.15) is 30.8 Å². The van der Waals surface area contributed by atoms with E-state index >= 15 is 0 Å². The smallest absolute Gasteiger partial charge is 0.131 e. The van der Waals surface area contributed by atoms with Gasteiger partial charge in [0.25, 0.3) is 0 Å². The molecule has 2 heterocycles. The van der Waals surface area contributed by atoms with E-state index in [0.29, 0.717) is 6.61 Å². The van der Waals surface area contributed by atoms with Crippen LogP contribution in [0.4, 0.5) is 0 Å². The van der Waals surface area contributed by atoms with Gasteiger partial charge in [0.1, 0.15) is 11.9 Å². The van der Waals surface area contributed by atoms with Crippen LogP contribution in [-0.4, -0.2) is 21.8 Å². The van der Waals surface area contributed by atoms with E-state index in [-0.39, 0.29) is 0 Å². The summed E-state index contributed by atoms with van der Waals surface area (Å²) in [5.41, 5.74) is 10.9. The van der Waals surface area contributed by atoms with E-state index in [4.69, 9.17) is 10.5 Å². The Hall–Kier alpha value is -2.24. The zero-order valence-electron chi connectivity index (χ0n) is 12.8. The molecule has 0 amide bonds. The highest BCUT2D eigenvalue weighted by Crippen LogP contribution is 2.28. The maximum Gasteiger partial charge on any atom is 0.131 e. The Morgan fingerprint density at radius 2 is 2.14 bits per heavy atom. The van der Waals surface area contributed by atoms with Gasteiger partial charge in [-0.3, -0.25) is 10.1 Å². The number of nitrogens with zero attached hydrogens (tertiary/aromatic N) is 2. The summed E-state index contributed by atoms with van der Waals surface area (Å²) < 4.78 is 5.60. The molecule has 3 aromatic rings. The van der Waals surface area contributed by atoms with E-state index in [9.17, 15) is 0 Å². The van der Waals surface area contributed by atoms with Crippen LogP contribution in [0, 0.1) is 6.92 Å². The molecule has 3 N–H and O–H groups in total. The second-order valence-electron chi connectivity index (χ2n) is 5.35. The monoisotopic (exact) mass is 296 g/mol. The quantitative estimate of drug-likeness (QED) is 0.708. The predicted molar refractivity (Wildman–Crippen MR) is 87.2 cm³/mol. The number of aromatic amines is 1. The third kappa shape index (κ3) is 2.86. The Balaban J connectivity index is 2.02. The lowest BCUT2D eigenvalue weighted by atomic mass is 10.1. The van der Waals surface area contributed by atoms with Crippen molar-refractivity contribution in [2.24, 2.45) is 5.73 Å². The van der Waals surface area contributed by atoms with Gasteiger partial charge in [-0.25, -0.2) is 0 Å². The molecule has 0 radical (unpaired) electrons. The third-order valence-electron chi connectivity index (χ3n) is 3.59. The van der Waals surface area contributed by atoms with E-state index in [1.165, 1.54) is 0 Å². The number of ether oxygens (including phenoxy) is 1. The Morgan fingerprint density at radius 3 is 2.91 bits per heavy atom. The van der Waals surface area contributed by atoms with Gasteiger partial charge in [-0.15, -0.1) is 0 Å². The van der Waals surface area contributed by atoms with Crippen LogP contribution in [0.15, 0.2) is 36.5 Å². The molecule has 0 saturated heterocycles. The SMILES string of the molecule is CCCOC(N)c1ccc2[nH]nc(-c3ccnc(C)c3)c2c1. The summed E-state index contributed by atoms with van der Waals surface area (Å²) in [7, 11) is 0. The number of pyridine rings is 1. The first kappa shape index (κ1) is 14.7. The van der Waals surface area contributed by atoms with Crippen molar-refractivity contribution < 1.29 is 4.74 Å². The standard InChI is InChI=1S/C17H20N4O/c1-3-8-22-17(18)13-4-5-15-14(10-13)16(21-20-15)12-6-7-19-11(2)9-12/h4-7,9-10,17H,3,8,18H2,1-2H3,(H,20,21). The van der Waals surface area contributed by atoms with Crippen molar-refractivity contribution in [3.8, 4) is 11.3 Å². The van der Waals surface area contributed by atoms with Crippen LogP contribution in [0.3, 0.4) is 0 Å². The number of H-pyrrole nitrogens is 1. The molecule has 1 aromatic carbocycles. The molecule has 1 unspecified atom stereocenters. The largest absolute Gasteiger partial charge is 0.359 e. The molecule has 114 valence electrons. The summed E-state index contributed by atoms with van der Waals surface area (Å²) >= 11 is 0. The Morgan fingerprint density at radius 1 is 1.27 bits per heavy atom. The van der Waals surface area contributed by atoms with Gasteiger partial charge in [0.15, 0.2) is 0 Å². The second kappa shape index (κ2) is 6.25. The number of aryl methyl sites for hydroxylation is 1. The van der Waals surface area contributed by atoms with Gasteiger partial charge in [-0.2, -0.15) is 5.10 Å². The number of nitrogens with one attached hydrogen (secondary N) is 1. The van der Waals surface area contributed by atoms with Crippen molar-refractivity contribution in [2.45, 2.75) is 26.5 Å². The van der Waals surface area contributed by atoms with E-state index in [2.05, 4.69) is 22.1 Å². The third-order valence-corrected chi connectivity index (χ3v) is 3.59. The number of fused-ring (bicyclic) bond motifs is 1. The topological polar surface area (TPSA) is 76.8 Å². The lowest BCUT2D eigenvalue weighted by Crippen LogP contribution is -2.14. The lowest BCUT2D eigenvalue weighted by molar-refractivity contribution is 0.0578. The number of aromatic nitrogens is 3. The summed E-state index contributed by atoms with van der Waals surface area (Å²) in [5, 5.41) is 8.54. The number of rotatable bonds is 5. The van der Waals surface area contributed by atoms with Gasteiger partial charge in [-0.1, -0.05) is 13.0 Å². The minimum atomic E-state index is -0.411. The average molecular weight is 296 g/mol. The van der Waals surface area contributed by atoms with Crippen molar-refractivity contribution in [3.63, 3.8) is 0 Å². The first-order valence-electron chi connectivity index (χ1n) is 7.47.